The molecule has 10 heteroatoms. The number of carbonyl (C=O) groups is 1. The number of aromatic nitrogens is 5. The number of anilines is 3. The van der Waals surface area contributed by atoms with Crippen LogP contribution in [0.2, 0.25) is 0 Å². The molecule has 9 nitrogen and oxygen atoms in total. The Kier molecular flexibility index (Phi) is 6.03. The van der Waals surface area contributed by atoms with Crippen LogP contribution in [0.4, 0.5) is 21.6 Å². The molecule has 3 aromatic heterocycles. The first-order valence-corrected chi connectivity index (χ1v) is 11.4. The van der Waals surface area contributed by atoms with Crippen LogP contribution in [0.5, 0.6) is 0 Å². The van der Waals surface area contributed by atoms with E-state index < -0.39 is 17.1 Å². The number of pyridine rings is 1. The summed E-state index contributed by atoms with van der Waals surface area (Å²) in [5.41, 5.74) is 2.66. The van der Waals surface area contributed by atoms with Crippen molar-refractivity contribution in [3.8, 4) is 17.3 Å². The number of nitriles is 1. The number of aromatic amines is 1. The minimum Gasteiger partial charge on any atom is -0.341 e. The van der Waals surface area contributed by atoms with Crippen LogP contribution in [-0.4, -0.2) is 30.8 Å². The SMILES string of the molecule is CC(C)(C#N)c1cccc(C(=O)Nc2cccc(Nc3ncccc3-c3ncnc4nc[nH]c34)c2F)c1. The predicted octanol–water partition coefficient (Wildman–Crippen LogP) is 5.35. The summed E-state index contributed by atoms with van der Waals surface area (Å²) in [5.74, 6) is -0.783. The van der Waals surface area contributed by atoms with E-state index in [1.165, 1.54) is 18.7 Å². The van der Waals surface area contributed by atoms with E-state index in [2.05, 4.69) is 41.6 Å². The lowest BCUT2D eigenvalue weighted by molar-refractivity contribution is 0.102. The Labute approximate surface area is 211 Å². The van der Waals surface area contributed by atoms with Gasteiger partial charge in [-0.15, -0.1) is 0 Å². The van der Waals surface area contributed by atoms with Crippen LogP contribution in [0.15, 0.2) is 73.4 Å². The van der Waals surface area contributed by atoms with E-state index >= 15 is 4.39 Å². The molecule has 0 aliphatic heterocycles. The summed E-state index contributed by atoms with van der Waals surface area (Å²) < 4.78 is 15.5. The normalized spacial score (nSPS) is 11.2. The van der Waals surface area contributed by atoms with Crippen molar-refractivity contribution in [1.82, 2.24) is 24.9 Å². The Balaban J connectivity index is 1.44. The van der Waals surface area contributed by atoms with E-state index in [0.717, 1.165) is 0 Å². The first-order chi connectivity index (χ1) is 17.9. The maximum Gasteiger partial charge on any atom is 0.255 e. The Morgan fingerprint density at radius 1 is 1.03 bits per heavy atom. The molecular weight excluding hydrogens is 471 g/mol. The average molecular weight is 493 g/mol. The first kappa shape index (κ1) is 23.6. The van der Waals surface area contributed by atoms with Gasteiger partial charge in [-0.05, 0) is 55.8 Å². The van der Waals surface area contributed by atoms with Gasteiger partial charge in [-0.3, -0.25) is 4.79 Å². The van der Waals surface area contributed by atoms with Gasteiger partial charge in [-0.25, -0.2) is 24.3 Å². The number of hydrogen-bond acceptors (Lipinski definition) is 7. The minimum atomic E-state index is -0.767. The number of H-pyrrole nitrogens is 1. The van der Waals surface area contributed by atoms with Crippen molar-refractivity contribution in [1.29, 1.82) is 5.26 Å². The molecule has 0 aliphatic rings. The highest BCUT2D eigenvalue weighted by Crippen LogP contribution is 2.32. The number of imidazole rings is 1. The van der Waals surface area contributed by atoms with Crippen molar-refractivity contribution in [2.24, 2.45) is 0 Å². The molecule has 1 amide bonds. The molecule has 2 aromatic carbocycles. The second-order valence-electron chi connectivity index (χ2n) is 8.79. The third-order valence-corrected chi connectivity index (χ3v) is 5.91. The van der Waals surface area contributed by atoms with Crippen molar-refractivity contribution >= 4 is 34.3 Å². The van der Waals surface area contributed by atoms with Crippen LogP contribution in [0.25, 0.3) is 22.4 Å². The molecule has 0 unspecified atom stereocenters. The zero-order valence-electron chi connectivity index (χ0n) is 20.0. The average Bonchev–Trinajstić information content (AvgIpc) is 3.41. The van der Waals surface area contributed by atoms with Gasteiger partial charge in [0.1, 0.15) is 23.4 Å². The van der Waals surface area contributed by atoms with Gasteiger partial charge < -0.3 is 15.6 Å². The van der Waals surface area contributed by atoms with Gasteiger partial charge in [-0.2, -0.15) is 5.26 Å². The molecule has 37 heavy (non-hydrogen) atoms. The molecule has 5 aromatic rings. The van der Waals surface area contributed by atoms with Crippen molar-refractivity contribution in [3.63, 3.8) is 0 Å². The highest BCUT2D eigenvalue weighted by atomic mass is 19.1. The van der Waals surface area contributed by atoms with Gasteiger partial charge in [0.25, 0.3) is 5.91 Å². The predicted molar refractivity (Wildman–Crippen MR) is 138 cm³/mol. The molecule has 182 valence electrons. The fourth-order valence-corrected chi connectivity index (χ4v) is 3.83. The van der Waals surface area contributed by atoms with Crippen LogP contribution < -0.4 is 10.6 Å². The zero-order valence-corrected chi connectivity index (χ0v) is 20.0. The molecule has 3 heterocycles. The summed E-state index contributed by atoms with van der Waals surface area (Å²) in [6.45, 7) is 3.53. The maximum absolute atomic E-state index is 15.5. The van der Waals surface area contributed by atoms with Crippen LogP contribution >= 0.6 is 0 Å². The van der Waals surface area contributed by atoms with Crippen molar-refractivity contribution in [3.05, 3.63) is 90.4 Å². The Morgan fingerprint density at radius 2 is 1.84 bits per heavy atom. The van der Waals surface area contributed by atoms with E-state index in [1.807, 2.05) is 0 Å². The number of hydrogen-bond donors (Lipinski definition) is 3. The summed E-state index contributed by atoms with van der Waals surface area (Å²) in [5, 5.41) is 15.1. The molecule has 0 radical (unpaired) electrons. The summed E-state index contributed by atoms with van der Waals surface area (Å²) in [4.78, 5) is 33.0. The van der Waals surface area contributed by atoms with E-state index in [1.54, 1.807) is 68.6 Å². The van der Waals surface area contributed by atoms with Gasteiger partial charge in [-0.1, -0.05) is 18.2 Å². The highest BCUT2D eigenvalue weighted by Gasteiger charge is 2.21. The molecule has 0 atom stereocenters. The van der Waals surface area contributed by atoms with E-state index in [4.69, 9.17) is 0 Å². The van der Waals surface area contributed by atoms with Crippen LogP contribution in [0.1, 0.15) is 29.8 Å². The van der Waals surface area contributed by atoms with Gasteiger partial charge in [0, 0.05) is 17.3 Å². The third kappa shape index (κ3) is 4.58. The van der Waals surface area contributed by atoms with Crippen molar-refractivity contribution in [2.75, 3.05) is 10.6 Å². The number of amides is 1. The first-order valence-electron chi connectivity index (χ1n) is 11.4. The van der Waals surface area contributed by atoms with Crippen LogP contribution in [-0.2, 0) is 5.41 Å². The number of halogens is 1. The second kappa shape index (κ2) is 9.47. The number of rotatable bonds is 6. The summed E-state index contributed by atoms with van der Waals surface area (Å²) in [6, 6.07) is 17.1. The molecule has 0 fully saturated rings. The smallest absolute Gasteiger partial charge is 0.255 e. The Hall–Kier alpha value is -5.17. The second-order valence-corrected chi connectivity index (χ2v) is 8.79. The Morgan fingerprint density at radius 3 is 2.68 bits per heavy atom. The van der Waals surface area contributed by atoms with E-state index in [0.29, 0.717) is 39.4 Å². The van der Waals surface area contributed by atoms with Crippen LogP contribution in [0.3, 0.4) is 0 Å². The summed E-state index contributed by atoms with van der Waals surface area (Å²) in [6.07, 6.45) is 4.50. The van der Waals surface area contributed by atoms with E-state index in [9.17, 15) is 10.1 Å². The third-order valence-electron chi connectivity index (χ3n) is 5.91. The maximum atomic E-state index is 15.5. The highest BCUT2D eigenvalue weighted by molar-refractivity contribution is 6.04. The fourth-order valence-electron chi connectivity index (χ4n) is 3.83. The lowest BCUT2D eigenvalue weighted by Gasteiger charge is -2.17. The standard InChI is InChI=1S/C27H21FN8O/c1-27(2,13-29)17-7-3-6-16(12-17)26(37)36-20-10-4-9-19(21(20)28)35-24-18(8-5-11-30-24)22-23-25(33-14-31-22)34-15-32-23/h3-12,14-15H,1-2H3,(H,30,35)(H,36,37)(H,31,32,33,34). The summed E-state index contributed by atoms with van der Waals surface area (Å²) >= 11 is 0. The largest absolute Gasteiger partial charge is 0.341 e. The number of nitrogens with one attached hydrogen (secondary N) is 3. The number of benzene rings is 2. The molecular formula is C27H21FN8O. The quantitative estimate of drug-likeness (QED) is 0.291. The Bertz CT molecular complexity index is 1670. The monoisotopic (exact) mass is 492 g/mol. The number of carbonyl (C=O) groups excluding carboxylic acids is 1. The van der Waals surface area contributed by atoms with Gasteiger partial charge >= 0.3 is 0 Å². The number of nitrogens with zero attached hydrogens (tertiary/aromatic N) is 5. The van der Waals surface area contributed by atoms with E-state index in [-0.39, 0.29) is 11.4 Å². The molecule has 3 N–H and O–H groups in total. The van der Waals surface area contributed by atoms with Gasteiger partial charge in [0.2, 0.25) is 0 Å². The van der Waals surface area contributed by atoms with Crippen molar-refractivity contribution < 1.29 is 9.18 Å². The summed E-state index contributed by atoms with van der Waals surface area (Å²) in [7, 11) is 0. The molecule has 0 spiro atoms. The molecule has 0 bridgehead atoms. The fraction of sp³-hybridized carbons (Fsp3) is 0.111. The lowest BCUT2D eigenvalue weighted by Crippen LogP contribution is -2.17. The molecule has 0 saturated heterocycles. The van der Waals surface area contributed by atoms with Crippen LogP contribution in [0, 0.1) is 17.1 Å². The molecule has 0 aliphatic carbocycles. The minimum absolute atomic E-state index is 0.00424. The molecule has 5 rings (SSSR count). The van der Waals surface area contributed by atoms with Crippen molar-refractivity contribution in [2.45, 2.75) is 19.3 Å². The topological polar surface area (TPSA) is 132 Å². The molecule has 0 saturated carbocycles. The van der Waals surface area contributed by atoms with Gasteiger partial charge in [0.15, 0.2) is 11.5 Å². The number of fused-ring (bicyclic) bond motifs is 1. The lowest BCUT2D eigenvalue weighted by atomic mass is 9.85. The van der Waals surface area contributed by atoms with Gasteiger partial charge in [0.05, 0.1) is 29.2 Å². The zero-order chi connectivity index (χ0) is 26.0.